The maximum absolute atomic E-state index is 12.3. The summed E-state index contributed by atoms with van der Waals surface area (Å²) in [6.07, 6.45) is 1.99. The number of nitrogens with one attached hydrogen (secondary N) is 1. The number of benzene rings is 1. The van der Waals surface area contributed by atoms with Crippen LogP contribution in [0.25, 0.3) is 10.9 Å². The summed E-state index contributed by atoms with van der Waals surface area (Å²) < 4.78 is 7.80. The van der Waals surface area contributed by atoms with Gasteiger partial charge in [-0.05, 0) is 25.0 Å². The SMILES string of the molecule is Cn1c(=O)c2ccccc2n(CC(=O)NC[C@@H]2CCCO2)c1=O. The molecule has 1 N–H and O–H groups in total. The van der Waals surface area contributed by atoms with Crippen LogP contribution in [0, 0.1) is 0 Å². The van der Waals surface area contributed by atoms with Gasteiger partial charge in [0.05, 0.1) is 17.0 Å². The van der Waals surface area contributed by atoms with Gasteiger partial charge in [0.2, 0.25) is 5.91 Å². The summed E-state index contributed by atoms with van der Waals surface area (Å²) in [5, 5.41) is 3.21. The van der Waals surface area contributed by atoms with Gasteiger partial charge in [0.25, 0.3) is 5.56 Å². The summed E-state index contributed by atoms with van der Waals surface area (Å²) in [6.45, 7) is 1.04. The third kappa shape index (κ3) is 3.05. The fraction of sp³-hybridized carbons (Fsp3) is 0.438. The van der Waals surface area contributed by atoms with Crippen LogP contribution in [0.15, 0.2) is 33.9 Å². The van der Waals surface area contributed by atoms with Crippen molar-refractivity contribution in [3.8, 4) is 0 Å². The molecule has 0 spiro atoms. The van der Waals surface area contributed by atoms with Crippen molar-refractivity contribution in [2.45, 2.75) is 25.5 Å². The summed E-state index contributed by atoms with van der Waals surface area (Å²) in [4.78, 5) is 36.6. The van der Waals surface area contributed by atoms with E-state index in [4.69, 9.17) is 4.74 Å². The van der Waals surface area contributed by atoms with Crippen molar-refractivity contribution in [1.82, 2.24) is 14.5 Å². The van der Waals surface area contributed by atoms with E-state index in [2.05, 4.69) is 5.32 Å². The van der Waals surface area contributed by atoms with Crippen molar-refractivity contribution in [2.75, 3.05) is 13.2 Å². The Morgan fingerprint density at radius 2 is 2.13 bits per heavy atom. The fourth-order valence-corrected chi connectivity index (χ4v) is 2.83. The number of carbonyl (C=O) groups excluding carboxylic acids is 1. The van der Waals surface area contributed by atoms with Crippen molar-refractivity contribution < 1.29 is 9.53 Å². The second kappa shape index (κ2) is 6.37. The van der Waals surface area contributed by atoms with Crippen LogP contribution in [-0.4, -0.2) is 34.3 Å². The Hall–Kier alpha value is -2.41. The molecule has 1 aromatic heterocycles. The molecule has 0 radical (unpaired) electrons. The number of hydrogen-bond acceptors (Lipinski definition) is 4. The first-order chi connectivity index (χ1) is 11.1. The summed E-state index contributed by atoms with van der Waals surface area (Å²) in [5.74, 6) is -0.272. The Balaban J connectivity index is 1.86. The van der Waals surface area contributed by atoms with E-state index in [1.54, 1.807) is 24.3 Å². The van der Waals surface area contributed by atoms with Gasteiger partial charge < -0.3 is 10.1 Å². The third-order valence-electron chi connectivity index (χ3n) is 4.10. The molecule has 1 fully saturated rings. The number of fused-ring (bicyclic) bond motifs is 1. The molecular weight excluding hydrogens is 298 g/mol. The third-order valence-corrected chi connectivity index (χ3v) is 4.10. The Labute approximate surface area is 132 Å². The van der Waals surface area contributed by atoms with Crippen LogP contribution < -0.4 is 16.6 Å². The van der Waals surface area contributed by atoms with E-state index >= 15 is 0 Å². The minimum Gasteiger partial charge on any atom is -0.376 e. The first-order valence-corrected chi connectivity index (χ1v) is 7.65. The molecule has 23 heavy (non-hydrogen) atoms. The van der Waals surface area contributed by atoms with Crippen LogP contribution in [0.3, 0.4) is 0 Å². The summed E-state index contributed by atoms with van der Waals surface area (Å²) in [6, 6.07) is 6.79. The van der Waals surface area contributed by atoms with Crippen molar-refractivity contribution in [1.29, 1.82) is 0 Å². The largest absolute Gasteiger partial charge is 0.376 e. The second-order valence-corrected chi connectivity index (χ2v) is 5.69. The van der Waals surface area contributed by atoms with Gasteiger partial charge in [-0.2, -0.15) is 0 Å². The standard InChI is InChI=1S/C16H19N3O4/c1-18-15(21)12-6-2-3-7-13(12)19(16(18)22)10-14(20)17-9-11-5-4-8-23-11/h2-3,6-7,11H,4-5,8-10H2,1H3,(H,17,20)/t11-/m0/s1. The van der Waals surface area contributed by atoms with Gasteiger partial charge >= 0.3 is 5.69 Å². The Morgan fingerprint density at radius 3 is 2.87 bits per heavy atom. The maximum Gasteiger partial charge on any atom is 0.331 e. The number of aromatic nitrogens is 2. The molecule has 1 aliphatic heterocycles. The van der Waals surface area contributed by atoms with Crippen LogP contribution in [0.2, 0.25) is 0 Å². The fourth-order valence-electron chi connectivity index (χ4n) is 2.83. The van der Waals surface area contributed by atoms with Crippen LogP contribution >= 0.6 is 0 Å². The molecule has 1 amide bonds. The van der Waals surface area contributed by atoms with Gasteiger partial charge in [-0.1, -0.05) is 12.1 Å². The number of para-hydroxylation sites is 1. The van der Waals surface area contributed by atoms with E-state index in [1.807, 2.05) is 0 Å². The van der Waals surface area contributed by atoms with E-state index in [1.165, 1.54) is 11.6 Å². The van der Waals surface area contributed by atoms with Crippen molar-refractivity contribution >= 4 is 16.8 Å². The van der Waals surface area contributed by atoms with Gasteiger partial charge in [-0.25, -0.2) is 4.79 Å². The minimum atomic E-state index is -0.499. The van der Waals surface area contributed by atoms with Crippen molar-refractivity contribution in [3.05, 3.63) is 45.1 Å². The molecule has 1 aromatic carbocycles. The molecule has 122 valence electrons. The number of hydrogen-bond donors (Lipinski definition) is 1. The van der Waals surface area contributed by atoms with Gasteiger partial charge in [0.1, 0.15) is 6.54 Å². The van der Waals surface area contributed by atoms with Gasteiger partial charge in [-0.3, -0.25) is 18.7 Å². The first kappa shape index (κ1) is 15.5. The summed E-state index contributed by atoms with van der Waals surface area (Å²) in [5.41, 5.74) is -0.393. The summed E-state index contributed by atoms with van der Waals surface area (Å²) >= 11 is 0. The smallest absolute Gasteiger partial charge is 0.331 e. The molecule has 0 aliphatic carbocycles. The molecule has 1 atom stereocenters. The molecule has 7 nitrogen and oxygen atoms in total. The molecule has 2 heterocycles. The van der Waals surface area contributed by atoms with Crippen molar-refractivity contribution in [3.63, 3.8) is 0 Å². The van der Waals surface area contributed by atoms with Gasteiger partial charge in [-0.15, -0.1) is 0 Å². The van der Waals surface area contributed by atoms with Gasteiger partial charge in [0.15, 0.2) is 0 Å². The Bertz CT molecular complexity index is 847. The molecule has 0 bridgehead atoms. The van der Waals surface area contributed by atoms with Crippen LogP contribution in [0.5, 0.6) is 0 Å². The van der Waals surface area contributed by atoms with E-state index in [-0.39, 0.29) is 24.1 Å². The maximum atomic E-state index is 12.3. The second-order valence-electron chi connectivity index (χ2n) is 5.69. The summed E-state index contributed by atoms with van der Waals surface area (Å²) in [7, 11) is 1.41. The number of carbonyl (C=O) groups is 1. The quantitative estimate of drug-likeness (QED) is 0.860. The molecule has 7 heteroatoms. The zero-order valence-electron chi connectivity index (χ0n) is 12.9. The lowest BCUT2D eigenvalue weighted by molar-refractivity contribution is -0.122. The zero-order valence-corrected chi connectivity index (χ0v) is 12.9. The van der Waals surface area contributed by atoms with Crippen LogP contribution in [0.4, 0.5) is 0 Å². The molecule has 1 saturated heterocycles. The molecule has 3 rings (SSSR count). The predicted molar refractivity (Wildman–Crippen MR) is 85.4 cm³/mol. The lowest BCUT2D eigenvalue weighted by atomic mass is 10.2. The first-order valence-electron chi connectivity index (χ1n) is 7.65. The number of amides is 1. The molecule has 2 aromatic rings. The molecule has 0 saturated carbocycles. The average Bonchev–Trinajstić information content (AvgIpc) is 3.08. The number of ether oxygens (including phenoxy) is 1. The number of rotatable bonds is 4. The normalized spacial score (nSPS) is 17.5. The lowest BCUT2D eigenvalue weighted by Crippen LogP contribution is -2.42. The average molecular weight is 317 g/mol. The molecule has 1 aliphatic rings. The lowest BCUT2D eigenvalue weighted by Gasteiger charge is -2.14. The highest BCUT2D eigenvalue weighted by atomic mass is 16.5. The monoisotopic (exact) mass is 317 g/mol. The highest BCUT2D eigenvalue weighted by Crippen LogP contribution is 2.10. The van der Waals surface area contributed by atoms with E-state index in [0.717, 1.165) is 24.0 Å². The minimum absolute atomic E-state index is 0.0487. The zero-order chi connectivity index (χ0) is 16.4. The Morgan fingerprint density at radius 1 is 1.35 bits per heavy atom. The van der Waals surface area contributed by atoms with Crippen LogP contribution in [-0.2, 0) is 23.1 Å². The predicted octanol–water partition coefficient (Wildman–Crippen LogP) is -0.00460. The molecule has 0 unspecified atom stereocenters. The highest BCUT2D eigenvalue weighted by Gasteiger charge is 2.17. The van der Waals surface area contributed by atoms with Crippen LogP contribution in [0.1, 0.15) is 12.8 Å². The highest BCUT2D eigenvalue weighted by molar-refractivity contribution is 5.81. The van der Waals surface area contributed by atoms with E-state index in [0.29, 0.717) is 17.4 Å². The molecular formula is C16H19N3O4. The van der Waals surface area contributed by atoms with Gasteiger partial charge in [0, 0.05) is 20.2 Å². The van der Waals surface area contributed by atoms with Crippen molar-refractivity contribution in [2.24, 2.45) is 7.05 Å². The Kier molecular flexibility index (Phi) is 4.29. The number of nitrogens with zero attached hydrogens (tertiary/aromatic N) is 2. The van der Waals surface area contributed by atoms with E-state index < -0.39 is 5.69 Å². The van der Waals surface area contributed by atoms with E-state index in [9.17, 15) is 14.4 Å². The topological polar surface area (TPSA) is 82.3 Å².